The Balaban J connectivity index is 2.52. The molecule has 0 saturated carbocycles. The van der Waals surface area contributed by atoms with E-state index in [4.69, 9.17) is 10.6 Å². The van der Waals surface area contributed by atoms with Crippen molar-refractivity contribution in [3.8, 4) is 0 Å². The van der Waals surface area contributed by atoms with Gasteiger partial charge in [0.15, 0.2) is 0 Å². The predicted octanol–water partition coefficient (Wildman–Crippen LogP) is 1.48. The molecule has 0 atom stereocenters. The lowest BCUT2D eigenvalue weighted by atomic mass is 10.2. The van der Waals surface area contributed by atoms with E-state index in [0.29, 0.717) is 17.9 Å². The molecule has 1 aromatic rings. The Morgan fingerprint density at radius 1 is 1.47 bits per heavy atom. The molecule has 1 rings (SSSR count). The zero-order chi connectivity index (χ0) is 12.7. The average molecular weight is 237 g/mol. The minimum atomic E-state index is -0.141. The van der Waals surface area contributed by atoms with Crippen LogP contribution in [0.3, 0.4) is 0 Å². The van der Waals surface area contributed by atoms with Crippen LogP contribution in [-0.2, 0) is 9.63 Å². The number of carbonyl (C=O) groups is 1. The normalized spacial score (nSPS) is 10.5. The smallest absolute Gasteiger partial charge is 0.241 e. The topological polar surface area (TPSA) is 67.6 Å². The summed E-state index contributed by atoms with van der Waals surface area (Å²) in [5.74, 6) is -0.141. The van der Waals surface area contributed by atoms with Crippen LogP contribution in [0, 0.1) is 0 Å². The van der Waals surface area contributed by atoms with Gasteiger partial charge < -0.3 is 15.9 Å². The monoisotopic (exact) mass is 237 g/mol. The number of hydrogen-bond donors (Lipinski definition) is 2. The molecular formula is C12H19N3O2. The summed E-state index contributed by atoms with van der Waals surface area (Å²) in [5.41, 5.74) is 6.92. The fourth-order valence-corrected chi connectivity index (χ4v) is 1.45. The van der Waals surface area contributed by atoms with Crippen LogP contribution in [0.5, 0.6) is 0 Å². The first kappa shape index (κ1) is 13.5. The summed E-state index contributed by atoms with van der Waals surface area (Å²) in [6.07, 6.45) is 0.925. The Bertz CT molecular complexity index is 369. The Morgan fingerprint density at radius 3 is 2.76 bits per heavy atom. The van der Waals surface area contributed by atoms with Crippen LogP contribution < -0.4 is 11.1 Å². The van der Waals surface area contributed by atoms with Crippen molar-refractivity contribution in [1.82, 2.24) is 5.06 Å². The zero-order valence-electron chi connectivity index (χ0n) is 10.3. The van der Waals surface area contributed by atoms with Crippen molar-refractivity contribution in [3.63, 3.8) is 0 Å². The first-order chi connectivity index (χ1) is 8.17. The predicted molar refractivity (Wildman–Crippen MR) is 68.4 cm³/mol. The molecule has 5 nitrogen and oxygen atoms in total. The standard InChI is InChI=1S/C12H19N3O2/c1-3-8-15(17-2)9-12(16)14-11-7-5-4-6-10(11)13/h4-7H,3,8-9,13H2,1-2H3,(H,14,16). The second-order valence-corrected chi connectivity index (χ2v) is 3.68. The van der Waals surface area contributed by atoms with Gasteiger partial charge in [0.05, 0.1) is 18.5 Å². The highest BCUT2D eigenvalue weighted by molar-refractivity contribution is 5.94. The van der Waals surface area contributed by atoms with Gasteiger partial charge in [-0.2, -0.15) is 5.06 Å². The number of nitrogens with one attached hydrogen (secondary N) is 1. The average Bonchev–Trinajstić information content (AvgIpc) is 2.31. The molecule has 0 bridgehead atoms. The third kappa shape index (κ3) is 4.42. The van der Waals surface area contributed by atoms with E-state index >= 15 is 0 Å². The van der Waals surface area contributed by atoms with Gasteiger partial charge in [-0.25, -0.2) is 0 Å². The van der Waals surface area contributed by atoms with Crippen molar-refractivity contribution in [2.75, 3.05) is 31.2 Å². The molecule has 0 radical (unpaired) electrons. The van der Waals surface area contributed by atoms with Crippen LogP contribution in [0.15, 0.2) is 24.3 Å². The van der Waals surface area contributed by atoms with Crippen molar-refractivity contribution < 1.29 is 9.63 Å². The molecule has 0 aliphatic rings. The van der Waals surface area contributed by atoms with Gasteiger partial charge in [-0.05, 0) is 18.6 Å². The molecule has 0 fully saturated rings. The van der Waals surface area contributed by atoms with Gasteiger partial charge in [0.25, 0.3) is 0 Å². The first-order valence-electron chi connectivity index (χ1n) is 5.60. The molecule has 0 aromatic heterocycles. The van der Waals surface area contributed by atoms with Crippen LogP contribution in [0.1, 0.15) is 13.3 Å². The van der Waals surface area contributed by atoms with Gasteiger partial charge in [-0.3, -0.25) is 4.79 Å². The molecule has 17 heavy (non-hydrogen) atoms. The van der Waals surface area contributed by atoms with Crippen molar-refractivity contribution in [3.05, 3.63) is 24.3 Å². The molecule has 0 aliphatic carbocycles. The van der Waals surface area contributed by atoms with Gasteiger partial charge in [0, 0.05) is 6.54 Å². The second-order valence-electron chi connectivity index (χ2n) is 3.68. The molecular weight excluding hydrogens is 218 g/mol. The lowest BCUT2D eigenvalue weighted by molar-refractivity contribution is -0.147. The number of benzene rings is 1. The quantitative estimate of drug-likeness (QED) is 0.581. The lowest BCUT2D eigenvalue weighted by Crippen LogP contribution is -2.33. The van der Waals surface area contributed by atoms with Gasteiger partial charge in [0.2, 0.25) is 5.91 Å². The Labute approximate surface area is 101 Å². The number of nitrogen functional groups attached to an aromatic ring is 1. The van der Waals surface area contributed by atoms with Crippen LogP contribution in [-0.4, -0.2) is 31.2 Å². The summed E-state index contributed by atoms with van der Waals surface area (Å²) in [6.45, 7) is 2.94. The van der Waals surface area contributed by atoms with Gasteiger partial charge in [-0.15, -0.1) is 0 Å². The molecule has 0 spiro atoms. The van der Waals surface area contributed by atoms with Crippen LogP contribution in [0.2, 0.25) is 0 Å². The first-order valence-corrected chi connectivity index (χ1v) is 5.60. The molecule has 1 aromatic carbocycles. The summed E-state index contributed by atoms with van der Waals surface area (Å²) in [5, 5.41) is 4.35. The number of amides is 1. The molecule has 0 saturated heterocycles. The Kier molecular flexibility index (Phi) is 5.45. The number of nitrogens with two attached hydrogens (primary N) is 1. The Morgan fingerprint density at radius 2 is 2.18 bits per heavy atom. The summed E-state index contributed by atoms with van der Waals surface area (Å²) < 4.78 is 0. The minimum absolute atomic E-state index is 0.141. The lowest BCUT2D eigenvalue weighted by Gasteiger charge is -2.18. The van der Waals surface area contributed by atoms with E-state index in [1.54, 1.807) is 24.3 Å². The molecule has 0 heterocycles. The van der Waals surface area contributed by atoms with Crippen LogP contribution in [0.25, 0.3) is 0 Å². The number of para-hydroxylation sites is 2. The fraction of sp³-hybridized carbons (Fsp3) is 0.417. The Hall–Kier alpha value is -1.59. The minimum Gasteiger partial charge on any atom is -0.397 e. The highest BCUT2D eigenvalue weighted by Crippen LogP contribution is 2.16. The summed E-state index contributed by atoms with van der Waals surface area (Å²) in [6, 6.07) is 7.16. The summed E-state index contributed by atoms with van der Waals surface area (Å²) in [4.78, 5) is 16.8. The number of hydrogen-bond acceptors (Lipinski definition) is 4. The van der Waals surface area contributed by atoms with Gasteiger partial charge >= 0.3 is 0 Å². The van der Waals surface area contributed by atoms with Crippen LogP contribution in [0.4, 0.5) is 11.4 Å². The van der Waals surface area contributed by atoms with E-state index in [9.17, 15) is 4.79 Å². The van der Waals surface area contributed by atoms with E-state index < -0.39 is 0 Å². The molecule has 3 N–H and O–H groups in total. The third-order valence-electron chi connectivity index (χ3n) is 2.29. The largest absolute Gasteiger partial charge is 0.397 e. The van der Waals surface area contributed by atoms with E-state index in [0.717, 1.165) is 6.42 Å². The number of anilines is 2. The number of carbonyl (C=O) groups excluding carboxylic acids is 1. The van der Waals surface area contributed by atoms with E-state index in [1.807, 2.05) is 19.1 Å². The molecule has 0 aliphatic heterocycles. The number of hydroxylamine groups is 2. The van der Waals surface area contributed by atoms with Gasteiger partial charge in [-0.1, -0.05) is 19.1 Å². The third-order valence-corrected chi connectivity index (χ3v) is 2.29. The highest BCUT2D eigenvalue weighted by Gasteiger charge is 2.10. The van der Waals surface area contributed by atoms with E-state index in [1.165, 1.54) is 0 Å². The van der Waals surface area contributed by atoms with E-state index in [-0.39, 0.29) is 12.5 Å². The van der Waals surface area contributed by atoms with Gasteiger partial charge in [0.1, 0.15) is 6.54 Å². The van der Waals surface area contributed by atoms with Crippen molar-refractivity contribution in [2.24, 2.45) is 0 Å². The van der Waals surface area contributed by atoms with Crippen LogP contribution >= 0.6 is 0 Å². The molecule has 0 unspecified atom stereocenters. The maximum absolute atomic E-state index is 11.7. The van der Waals surface area contributed by atoms with Crippen molar-refractivity contribution >= 4 is 17.3 Å². The van der Waals surface area contributed by atoms with Crippen molar-refractivity contribution in [2.45, 2.75) is 13.3 Å². The molecule has 1 amide bonds. The van der Waals surface area contributed by atoms with Crippen molar-refractivity contribution in [1.29, 1.82) is 0 Å². The van der Waals surface area contributed by atoms with E-state index in [2.05, 4.69) is 5.32 Å². The maximum atomic E-state index is 11.7. The summed E-state index contributed by atoms with van der Waals surface area (Å²) in [7, 11) is 1.56. The SMILES string of the molecule is CCCN(CC(=O)Nc1ccccc1N)OC. The second kappa shape index (κ2) is 6.88. The fourth-order valence-electron chi connectivity index (χ4n) is 1.45. The summed E-state index contributed by atoms with van der Waals surface area (Å²) >= 11 is 0. The zero-order valence-corrected chi connectivity index (χ0v) is 10.3. The number of rotatable bonds is 6. The highest BCUT2D eigenvalue weighted by atomic mass is 16.7. The number of nitrogens with zero attached hydrogens (tertiary/aromatic N) is 1. The maximum Gasteiger partial charge on any atom is 0.241 e. The molecule has 94 valence electrons. The molecule has 5 heteroatoms.